The number of anilines is 1. The van der Waals surface area contributed by atoms with E-state index in [0.29, 0.717) is 24.7 Å². The average Bonchev–Trinajstić information content (AvgIpc) is 2.75. The van der Waals surface area contributed by atoms with Gasteiger partial charge in [0.1, 0.15) is 12.1 Å². The fraction of sp³-hybridized carbons (Fsp3) is 0.652. The molecule has 0 unspecified atom stereocenters. The van der Waals surface area contributed by atoms with Gasteiger partial charge in [-0.1, -0.05) is 0 Å². The molecule has 0 aromatic carbocycles. The molecule has 0 saturated carbocycles. The first-order valence-electron chi connectivity index (χ1n) is 11.4. The molecule has 0 spiro atoms. The summed E-state index contributed by atoms with van der Waals surface area (Å²) in [5.41, 5.74) is 0.165. The Hall–Kier alpha value is -2.11. The van der Waals surface area contributed by atoms with Crippen LogP contribution in [0.15, 0.2) is 29.5 Å². The SMILES string of the molecule is CCNC(=NCC(=O)Nc1cccnc1)N1CCC(CN(CC)C(=O)OC(C)(C)C)CC1.I. The molecule has 1 aromatic rings. The van der Waals surface area contributed by atoms with Gasteiger partial charge in [-0.15, -0.1) is 24.0 Å². The highest BCUT2D eigenvalue weighted by Crippen LogP contribution is 2.20. The normalized spacial score (nSPS) is 14.8. The van der Waals surface area contributed by atoms with E-state index in [-0.39, 0.29) is 42.5 Å². The summed E-state index contributed by atoms with van der Waals surface area (Å²) in [6, 6.07) is 3.57. The molecule has 10 heteroatoms. The van der Waals surface area contributed by atoms with Gasteiger partial charge in [0.25, 0.3) is 0 Å². The first-order valence-corrected chi connectivity index (χ1v) is 11.4. The standard InChI is InChI=1S/C23H38N6O3.HI/c1-6-25-21(26-16-20(30)27-19-9-8-12-24-15-19)29-13-10-18(11-14-29)17-28(7-2)22(31)32-23(3,4)5;/h8-9,12,15,18H,6-7,10-11,13-14,16-17H2,1-5H3,(H,25,26)(H,27,30);1H. The first-order chi connectivity index (χ1) is 15.2. The summed E-state index contributed by atoms with van der Waals surface area (Å²) in [6.07, 6.45) is 4.91. The number of likely N-dealkylation sites (tertiary alicyclic amines) is 1. The van der Waals surface area contributed by atoms with Crippen molar-refractivity contribution in [3.05, 3.63) is 24.5 Å². The fourth-order valence-electron chi connectivity index (χ4n) is 3.51. The van der Waals surface area contributed by atoms with Crippen LogP contribution in [0.25, 0.3) is 0 Å². The number of carbonyl (C=O) groups is 2. The van der Waals surface area contributed by atoms with Crippen LogP contribution in [0.1, 0.15) is 47.5 Å². The van der Waals surface area contributed by atoms with Crippen LogP contribution in [-0.4, -0.2) is 77.6 Å². The molecule has 33 heavy (non-hydrogen) atoms. The Morgan fingerprint density at radius 3 is 2.52 bits per heavy atom. The second kappa shape index (κ2) is 14.2. The minimum Gasteiger partial charge on any atom is -0.444 e. The van der Waals surface area contributed by atoms with Crippen molar-refractivity contribution in [2.45, 2.75) is 53.1 Å². The maximum absolute atomic E-state index is 12.4. The molecule has 1 aromatic heterocycles. The van der Waals surface area contributed by atoms with Gasteiger partial charge in [-0.05, 0) is 65.5 Å². The predicted molar refractivity (Wildman–Crippen MR) is 142 cm³/mol. The van der Waals surface area contributed by atoms with Gasteiger partial charge in [0, 0.05) is 38.9 Å². The van der Waals surface area contributed by atoms with Gasteiger partial charge in [0.15, 0.2) is 5.96 Å². The number of aliphatic imine (C=N–C) groups is 1. The van der Waals surface area contributed by atoms with E-state index in [0.717, 1.165) is 38.4 Å². The van der Waals surface area contributed by atoms with Crippen LogP contribution in [0, 0.1) is 5.92 Å². The summed E-state index contributed by atoms with van der Waals surface area (Å²) in [5, 5.41) is 6.08. The van der Waals surface area contributed by atoms with Crippen LogP contribution in [0.2, 0.25) is 0 Å². The van der Waals surface area contributed by atoms with Crippen molar-refractivity contribution >= 4 is 47.6 Å². The minimum atomic E-state index is -0.492. The Bertz CT molecular complexity index is 761. The predicted octanol–water partition coefficient (Wildman–Crippen LogP) is 3.57. The Morgan fingerprint density at radius 1 is 1.27 bits per heavy atom. The average molecular weight is 575 g/mol. The van der Waals surface area contributed by atoms with Gasteiger partial charge in [-0.2, -0.15) is 0 Å². The number of aromatic nitrogens is 1. The number of nitrogens with one attached hydrogen (secondary N) is 2. The maximum Gasteiger partial charge on any atom is 0.410 e. The molecule has 2 N–H and O–H groups in total. The van der Waals surface area contributed by atoms with E-state index in [9.17, 15) is 9.59 Å². The summed E-state index contributed by atoms with van der Waals surface area (Å²) < 4.78 is 5.53. The lowest BCUT2D eigenvalue weighted by Gasteiger charge is -2.36. The van der Waals surface area contributed by atoms with Crippen LogP contribution in [0.5, 0.6) is 0 Å². The number of hydrogen-bond donors (Lipinski definition) is 2. The van der Waals surface area contributed by atoms with E-state index in [1.807, 2.05) is 34.6 Å². The fourth-order valence-corrected chi connectivity index (χ4v) is 3.51. The topological polar surface area (TPSA) is 99.2 Å². The van der Waals surface area contributed by atoms with Crippen LogP contribution >= 0.6 is 24.0 Å². The molecule has 0 aliphatic carbocycles. The van der Waals surface area contributed by atoms with Gasteiger partial charge in [-0.25, -0.2) is 9.79 Å². The highest BCUT2D eigenvalue weighted by molar-refractivity contribution is 14.0. The summed E-state index contributed by atoms with van der Waals surface area (Å²) in [6.45, 7) is 13.4. The Labute approximate surface area is 214 Å². The minimum absolute atomic E-state index is 0. The number of rotatable bonds is 7. The van der Waals surface area contributed by atoms with Gasteiger partial charge < -0.3 is 25.2 Å². The van der Waals surface area contributed by atoms with E-state index in [2.05, 4.69) is 25.5 Å². The van der Waals surface area contributed by atoms with E-state index in [1.54, 1.807) is 29.4 Å². The molecule has 9 nitrogen and oxygen atoms in total. The number of guanidine groups is 1. The third kappa shape index (κ3) is 10.6. The number of piperidine rings is 1. The zero-order valence-corrected chi connectivity index (χ0v) is 22.8. The summed E-state index contributed by atoms with van der Waals surface area (Å²) in [4.78, 5) is 37.1. The number of nitrogens with zero attached hydrogens (tertiary/aromatic N) is 4. The highest BCUT2D eigenvalue weighted by atomic mass is 127. The molecule has 1 saturated heterocycles. The smallest absolute Gasteiger partial charge is 0.410 e. The molecule has 2 heterocycles. The van der Waals surface area contributed by atoms with Crippen LogP contribution in [-0.2, 0) is 9.53 Å². The highest BCUT2D eigenvalue weighted by Gasteiger charge is 2.27. The van der Waals surface area contributed by atoms with Crippen molar-refractivity contribution in [2.24, 2.45) is 10.9 Å². The van der Waals surface area contributed by atoms with Gasteiger partial charge >= 0.3 is 6.09 Å². The summed E-state index contributed by atoms with van der Waals surface area (Å²) >= 11 is 0. The lowest BCUT2D eigenvalue weighted by molar-refractivity contribution is -0.114. The van der Waals surface area contributed by atoms with E-state index < -0.39 is 5.60 Å². The maximum atomic E-state index is 12.4. The summed E-state index contributed by atoms with van der Waals surface area (Å²) in [5.74, 6) is 0.974. The zero-order valence-electron chi connectivity index (χ0n) is 20.5. The van der Waals surface area contributed by atoms with Crippen molar-refractivity contribution < 1.29 is 14.3 Å². The Balaban J connectivity index is 0.00000544. The largest absolute Gasteiger partial charge is 0.444 e. The second-order valence-corrected chi connectivity index (χ2v) is 8.91. The molecule has 1 aliphatic heterocycles. The molecule has 0 atom stereocenters. The number of ether oxygens (including phenoxy) is 1. The van der Waals surface area contributed by atoms with Crippen molar-refractivity contribution in [3.63, 3.8) is 0 Å². The molecule has 1 fully saturated rings. The van der Waals surface area contributed by atoms with Crippen molar-refractivity contribution in [2.75, 3.05) is 44.6 Å². The van der Waals surface area contributed by atoms with Gasteiger partial charge in [-0.3, -0.25) is 9.78 Å². The molecule has 2 rings (SSSR count). The molecule has 2 amide bonds. The van der Waals surface area contributed by atoms with Crippen LogP contribution < -0.4 is 10.6 Å². The van der Waals surface area contributed by atoms with E-state index in [4.69, 9.17) is 4.74 Å². The van der Waals surface area contributed by atoms with Gasteiger partial charge in [0.2, 0.25) is 5.91 Å². The molecule has 0 radical (unpaired) electrons. The molecule has 0 bridgehead atoms. The molecule has 186 valence electrons. The molecular weight excluding hydrogens is 535 g/mol. The monoisotopic (exact) mass is 574 g/mol. The lowest BCUT2D eigenvalue weighted by Crippen LogP contribution is -2.48. The lowest BCUT2D eigenvalue weighted by atomic mass is 9.96. The van der Waals surface area contributed by atoms with Gasteiger partial charge in [0.05, 0.1) is 11.9 Å². The number of amides is 2. The van der Waals surface area contributed by atoms with Crippen LogP contribution in [0.4, 0.5) is 10.5 Å². The third-order valence-corrected chi connectivity index (χ3v) is 5.08. The van der Waals surface area contributed by atoms with Crippen molar-refractivity contribution in [3.8, 4) is 0 Å². The third-order valence-electron chi connectivity index (χ3n) is 5.08. The van der Waals surface area contributed by atoms with Crippen molar-refractivity contribution in [1.82, 2.24) is 20.1 Å². The Morgan fingerprint density at radius 2 is 1.97 bits per heavy atom. The van der Waals surface area contributed by atoms with Crippen LogP contribution in [0.3, 0.4) is 0 Å². The summed E-state index contributed by atoms with van der Waals surface area (Å²) in [7, 11) is 0. The van der Waals surface area contributed by atoms with E-state index in [1.165, 1.54) is 0 Å². The quantitative estimate of drug-likeness (QED) is 0.294. The Kier molecular flexibility index (Phi) is 12.5. The van der Waals surface area contributed by atoms with Crippen molar-refractivity contribution in [1.29, 1.82) is 0 Å². The first kappa shape index (κ1) is 28.9. The number of hydrogen-bond acceptors (Lipinski definition) is 5. The molecular formula is C23H39IN6O3. The number of pyridine rings is 1. The molecule has 1 aliphatic rings. The zero-order chi connectivity index (χ0) is 23.6. The second-order valence-electron chi connectivity index (χ2n) is 8.91. The number of halogens is 1. The van der Waals surface area contributed by atoms with E-state index >= 15 is 0 Å². The number of carbonyl (C=O) groups excluding carboxylic acids is 2.